The number of hydrogen-bond donors (Lipinski definition) is 1. The molecule has 2 amide bonds. The molecule has 0 spiro atoms. The average molecular weight is 295 g/mol. The molecule has 0 bridgehead atoms. The Morgan fingerprint density at radius 2 is 1.57 bits per heavy atom. The van der Waals surface area contributed by atoms with Crippen molar-refractivity contribution < 1.29 is 19.5 Å². The van der Waals surface area contributed by atoms with Gasteiger partial charge in [0.2, 0.25) is 0 Å². The highest BCUT2D eigenvalue weighted by Crippen LogP contribution is 2.18. The van der Waals surface area contributed by atoms with Crippen molar-refractivity contribution >= 4 is 17.8 Å². The topological polar surface area (TPSA) is 74.7 Å². The van der Waals surface area contributed by atoms with Crippen LogP contribution in [0.5, 0.6) is 0 Å². The molecule has 5 heteroatoms. The third kappa shape index (κ3) is 6.10. The van der Waals surface area contributed by atoms with E-state index in [-0.39, 0.29) is 24.3 Å². The summed E-state index contributed by atoms with van der Waals surface area (Å²) in [6.45, 7) is 2.00. The van der Waals surface area contributed by atoms with Gasteiger partial charge in [0, 0.05) is 24.6 Å². The summed E-state index contributed by atoms with van der Waals surface area (Å²) in [6, 6.07) is 0.00649. The van der Waals surface area contributed by atoms with Gasteiger partial charge in [-0.2, -0.15) is 0 Å². The van der Waals surface area contributed by atoms with Crippen molar-refractivity contribution in [1.29, 1.82) is 0 Å². The first kappa shape index (κ1) is 17.4. The van der Waals surface area contributed by atoms with E-state index in [1.54, 1.807) is 0 Å². The molecule has 1 atom stereocenters. The summed E-state index contributed by atoms with van der Waals surface area (Å²) in [5.41, 5.74) is 0. The molecule has 0 aromatic heterocycles. The Morgan fingerprint density at radius 3 is 2.10 bits per heavy atom. The van der Waals surface area contributed by atoms with Crippen molar-refractivity contribution in [2.24, 2.45) is 0 Å². The summed E-state index contributed by atoms with van der Waals surface area (Å²) < 4.78 is 0. The van der Waals surface area contributed by atoms with Crippen LogP contribution in [0.25, 0.3) is 0 Å². The van der Waals surface area contributed by atoms with Crippen LogP contribution in [0.1, 0.15) is 64.7 Å². The number of carboxylic acid groups (broad SMARTS) is 1. The molecule has 0 fully saturated rings. The van der Waals surface area contributed by atoms with E-state index in [1.165, 1.54) is 17.1 Å². The fourth-order valence-electron chi connectivity index (χ4n) is 2.65. The fraction of sp³-hybridized carbons (Fsp3) is 0.688. The van der Waals surface area contributed by atoms with Gasteiger partial charge in [-0.1, -0.05) is 39.0 Å². The van der Waals surface area contributed by atoms with E-state index in [0.29, 0.717) is 0 Å². The van der Waals surface area contributed by atoms with Crippen molar-refractivity contribution in [1.82, 2.24) is 4.90 Å². The molecule has 0 aliphatic carbocycles. The zero-order valence-corrected chi connectivity index (χ0v) is 12.7. The van der Waals surface area contributed by atoms with Gasteiger partial charge in [-0.3, -0.25) is 19.3 Å². The first-order valence-electron chi connectivity index (χ1n) is 7.83. The molecular formula is C16H25NO4. The summed E-state index contributed by atoms with van der Waals surface area (Å²) in [5, 5.41) is 8.52. The predicted molar refractivity (Wildman–Crippen MR) is 79.6 cm³/mol. The molecule has 0 aromatic carbocycles. The van der Waals surface area contributed by atoms with E-state index in [2.05, 4.69) is 0 Å². The Morgan fingerprint density at radius 1 is 1.05 bits per heavy atom. The molecule has 0 aromatic rings. The van der Waals surface area contributed by atoms with Crippen molar-refractivity contribution in [3.05, 3.63) is 12.2 Å². The first-order chi connectivity index (χ1) is 10.1. The molecular weight excluding hydrogens is 270 g/mol. The average Bonchev–Trinajstić information content (AvgIpc) is 2.77. The zero-order valence-electron chi connectivity index (χ0n) is 12.7. The quantitative estimate of drug-likeness (QED) is 0.470. The lowest BCUT2D eigenvalue weighted by Crippen LogP contribution is -2.39. The van der Waals surface area contributed by atoms with E-state index >= 15 is 0 Å². The highest BCUT2D eigenvalue weighted by atomic mass is 16.4. The van der Waals surface area contributed by atoms with Gasteiger partial charge in [-0.25, -0.2) is 0 Å². The van der Waals surface area contributed by atoms with Gasteiger partial charge < -0.3 is 5.11 Å². The SMILES string of the molecule is CCC(CCCCCCCCC(=O)O)N1C(=O)C=CC1=O. The minimum absolute atomic E-state index is 0.00649. The third-order valence-electron chi connectivity index (χ3n) is 3.86. The van der Waals surface area contributed by atoms with Crippen LogP contribution in [0.15, 0.2) is 12.2 Å². The van der Waals surface area contributed by atoms with Crippen LogP contribution >= 0.6 is 0 Å². The Kier molecular flexibility index (Phi) is 7.72. The van der Waals surface area contributed by atoms with Crippen LogP contribution in [0.4, 0.5) is 0 Å². The Bertz CT molecular complexity index is 385. The number of carbonyl (C=O) groups is 3. The molecule has 1 N–H and O–H groups in total. The standard InChI is InChI=1S/C16H25NO4/c1-2-13(17-14(18)11-12-15(17)19)9-7-5-3-4-6-8-10-16(20)21/h11-13H,2-10H2,1H3,(H,20,21). The Labute approximate surface area is 126 Å². The zero-order chi connectivity index (χ0) is 15.7. The van der Waals surface area contributed by atoms with E-state index in [4.69, 9.17) is 5.11 Å². The molecule has 118 valence electrons. The first-order valence-corrected chi connectivity index (χ1v) is 7.83. The van der Waals surface area contributed by atoms with Crippen LogP contribution in [0.2, 0.25) is 0 Å². The van der Waals surface area contributed by atoms with Crippen LogP contribution in [0, 0.1) is 0 Å². The second-order valence-corrected chi connectivity index (χ2v) is 5.50. The van der Waals surface area contributed by atoms with Gasteiger partial charge >= 0.3 is 5.97 Å². The molecule has 0 radical (unpaired) electrons. The lowest BCUT2D eigenvalue weighted by molar-refractivity contribution is -0.140. The van der Waals surface area contributed by atoms with Crippen LogP contribution in [-0.4, -0.2) is 33.8 Å². The van der Waals surface area contributed by atoms with Crippen molar-refractivity contribution in [2.75, 3.05) is 0 Å². The van der Waals surface area contributed by atoms with Gasteiger partial charge in [-0.05, 0) is 19.3 Å². The van der Waals surface area contributed by atoms with Crippen molar-refractivity contribution in [2.45, 2.75) is 70.8 Å². The molecule has 21 heavy (non-hydrogen) atoms. The summed E-state index contributed by atoms with van der Waals surface area (Å²) >= 11 is 0. The van der Waals surface area contributed by atoms with Gasteiger partial charge in [0.25, 0.3) is 11.8 Å². The molecule has 5 nitrogen and oxygen atoms in total. The van der Waals surface area contributed by atoms with E-state index in [1.807, 2.05) is 6.92 Å². The monoisotopic (exact) mass is 295 g/mol. The van der Waals surface area contributed by atoms with Gasteiger partial charge in [-0.15, -0.1) is 0 Å². The number of imide groups is 1. The van der Waals surface area contributed by atoms with Gasteiger partial charge in [0.05, 0.1) is 0 Å². The number of aliphatic carboxylic acids is 1. The lowest BCUT2D eigenvalue weighted by Gasteiger charge is -2.25. The van der Waals surface area contributed by atoms with Gasteiger partial charge in [0.1, 0.15) is 0 Å². The summed E-state index contributed by atoms with van der Waals surface area (Å²) in [6.07, 6.45) is 10.5. The lowest BCUT2D eigenvalue weighted by atomic mass is 10.0. The predicted octanol–water partition coefficient (Wildman–Crippen LogP) is 2.90. The minimum Gasteiger partial charge on any atom is -0.481 e. The van der Waals surface area contributed by atoms with E-state index in [9.17, 15) is 14.4 Å². The maximum Gasteiger partial charge on any atom is 0.303 e. The number of amides is 2. The van der Waals surface area contributed by atoms with Gasteiger partial charge in [0.15, 0.2) is 0 Å². The van der Waals surface area contributed by atoms with Crippen molar-refractivity contribution in [3.8, 4) is 0 Å². The second-order valence-electron chi connectivity index (χ2n) is 5.50. The summed E-state index contributed by atoms with van der Waals surface area (Å²) in [7, 11) is 0. The van der Waals surface area contributed by atoms with Crippen molar-refractivity contribution in [3.63, 3.8) is 0 Å². The molecule has 1 heterocycles. The smallest absolute Gasteiger partial charge is 0.303 e. The maximum atomic E-state index is 11.6. The van der Waals surface area contributed by atoms with E-state index < -0.39 is 5.97 Å². The Balaban J connectivity index is 2.12. The Hall–Kier alpha value is -1.65. The van der Waals surface area contributed by atoms with Crippen LogP contribution in [0.3, 0.4) is 0 Å². The molecule has 1 aliphatic rings. The maximum absolute atomic E-state index is 11.6. The number of rotatable bonds is 11. The number of nitrogens with zero attached hydrogens (tertiary/aromatic N) is 1. The number of carboxylic acids is 1. The number of unbranched alkanes of at least 4 members (excludes halogenated alkanes) is 5. The normalized spacial score (nSPS) is 15.8. The molecule has 1 rings (SSSR count). The molecule has 0 saturated heterocycles. The largest absolute Gasteiger partial charge is 0.481 e. The molecule has 1 unspecified atom stereocenters. The highest BCUT2D eigenvalue weighted by Gasteiger charge is 2.29. The molecule has 0 saturated carbocycles. The minimum atomic E-state index is -0.727. The van der Waals surface area contributed by atoms with E-state index in [0.717, 1.165) is 51.4 Å². The fourth-order valence-corrected chi connectivity index (χ4v) is 2.65. The second kappa shape index (κ2) is 9.32. The highest BCUT2D eigenvalue weighted by molar-refractivity contribution is 6.13. The number of hydrogen-bond acceptors (Lipinski definition) is 3. The molecule has 1 aliphatic heterocycles. The van der Waals surface area contributed by atoms with Crippen LogP contribution in [-0.2, 0) is 14.4 Å². The summed E-state index contributed by atoms with van der Waals surface area (Å²) in [5.74, 6) is -1.12. The van der Waals surface area contributed by atoms with Crippen LogP contribution < -0.4 is 0 Å². The number of carbonyl (C=O) groups excluding carboxylic acids is 2. The summed E-state index contributed by atoms with van der Waals surface area (Å²) in [4.78, 5) is 35.0. The third-order valence-corrected chi connectivity index (χ3v) is 3.86.